The molecule has 20 heavy (non-hydrogen) atoms. The molecule has 0 aliphatic carbocycles. The normalized spacial score (nSPS) is 13.1. The number of nitrogens with one attached hydrogen (secondary N) is 1. The summed E-state index contributed by atoms with van der Waals surface area (Å²) >= 11 is 3.71. The van der Waals surface area contributed by atoms with E-state index in [9.17, 15) is 0 Å². The zero-order valence-electron chi connectivity index (χ0n) is 10.6. The number of fused-ring (bicyclic) bond motifs is 3. The van der Waals surface area contributed by atoms with Crippen molar-refractivity contribution in [2.45, 2.75) is 4.83 Å². The summed E-state index contributed by atoms with van der Waals surface area (Å²) in [6.45, 7) is 0. The number of aromatic nitrogens is 1. The predicted molar refractivity (Wildman–Crippen MR) is 85.3 cm³/mol. The molecule has 0 radical (unpaired) electrons. The molecule has 4 aromatic rings. The molecular formula is C17H12BrNO. The lowest BCUT2D eigenvalue weighted by Gasteiger charge is -2.07. The van der Waals surface area contributed by atoms with Crippen molar-refractivity contribution in [2.24, 2.45) is 0 Å². The topological polar surface area (TPSA) is 28.9 Å². The van der Waals surface area contributed by atoms with E-state index < -0.39 is 0 Å². The molecule has 2 aromatic carbocycles. The van der Waals surface area contributed by atoms with E-state index in [-0.39, 0.29) is 4.83 Å². The third-order valence-electron chi connectivity index (χ3n) is 3.62. The Morgan fingerprint density at radius 3 is 2.60 bits per heavy atom. The van der Waals surface area contributed by atoms with E-state index in [2.05, 4.69) is 63.4 Å². The summed E-state index contributed by atoms with van der Waals surface area (Å²) in [5.74, 6) is 0.921. The van der Waals surface area contributed by atoms with Crippen LogP contribution in [0.3, 0.4) is 0 Å². The molecule has 4 rings (SSSR count). The van der Waals surface area contributed by atoms with Gasteiger partial charge in [-0.05, 0) is 35.9 Å². The van der Waals surface area contributed by atoms with E-state index in [0.717, 1.165) is 11.3 Å². The molecule has 98 valence electrons. The van der Waals surface area contributed by atoms with Gasteiger partial charge < -0.3 is 9.40 Å². The van der Waals surface area contributed by atoms with Gasteiger partial charge in [0, 0.05) is 21.8 Å². The lowest BCUT2D eigenvalue weighted by molar-refractivity contribution is 0.520. The number of furan rings is 1. The van der Waals surface area contributed by atoms with Gasteiger partial charge in [0.1, 0.15) is 5.76 Å². The molecule has 1 N–H and O–H groups in total. The second-order valence-corrected chi connectivity index (χ2v) is 5.77. The first kappa shape index (κ1) is 11.8. The Bertz CT molecular complexity index is 876. The summed E-state index contributed by atoms with van der Waals surface area (Å²) in [7, 11) is 0. The maximum atomic E-state index is 5.48. The number of benzene rings is 2. The molecule has 1 atom stereocenters. The SMILES string of the molecule is BrC(c1ccc2[nH]c3ccccc3c2c1)c1ccco1. The fourth-order valence-electron chi connectivity index (χ4n) is 2.62. The van der Waals surface area contributed by atoms with Crippen LogP contribution in [0, 0.1) is 0 Å². The molecule has 1 unspecified atom stereocenters. The minimum atomic E-state index is 0.0792. The van der Waals surface area contributed by atoms with Gasteiger partial charge in [-0.25, -0.2) is 0 Å². The van der Waals surface area contributed by atoms with E-state index in [1.54, 1.807) is 6.26 Å². The largest absolute Gasteiger partial charge is 0.468 e. The van der Waals surface area contributed by atoms with Crippen molar-refractivity contribution in [1.82, 2.24) is 4.98 Å². The van der Waals surface area contributed by atoms with Crippen LogP contribution in [0.5, 0.6) is 0 Å². The van der Waals surface area contributed by atoms with Crippen molar-refractivity contribution >= 4 is 37.7 Å². The molecule has 0 spiro atoms. The van der Waals surface area contributed by atoms with E-state index in [1.165, 1.54) is 21.9 Å². The summed E-state index contributed by atoms with van der Waals surface area (Å²) in [6, 6.07) is 18.7. The van der Waals surface area contributed by atoms with Crippen LogP contribution in [-0.4, -0.2) is 4.98 Å². The number of rotatable bonds is 2. The van der Waals surface area contributed by atoms with Gasteiger partial charge in [-0.2, -0.15) is 0 Å². The Morgan fingerprint density at radius 1 is 0.900 bits per heavy atom. The van der Waals surface area contributed by atoms with Crippen molar-refractivity contribution in [2.75, 3.05) is 0 Å². The van der Waals surface area contributed by atoms with E-state index in [0.29, 0.717) is 0 Å². The number of para-hydroxylation sites is 1. The van der Waals surface area contributed by atoms with Gasteiger partial charge in [-0.15, -0.1) is 0 Å². The monoisotopic (exact) mass is 325 g/mol. The highest BCUT2D eigenvalue weighted by Gasteiger charge is 2.14. The maximum absolute atomic E-state index is 5.48. The number of H-pyrrole nitrogens is 1. The predicted octanol–water partition coefficient (Wildman–Crippen LogP) is 5.40. The molecule has 0 saturated heterocycles. The minimum absolute atomic E-state index is 0.0792. The Balaban J connectivity index is 1.91. The summed E-state index contributed by atoms with van der Waals surface area (Å²) < 4.78 is 5.48. The zero-order chi connectivity index (χ0) is 13.5. The van der Waals surface area contributed by atoms with Crippen molar-refractivity contribution in [3.8, 4) is 0 Å². The number of hydrogen-bond acceptors (Lipinski definition) is 1. The Labute approximate surface area is 124 Å². The highest BCUT2D eigenvalue weighted by molar-refractivity contribution is 9.09. The van der Waals surface area contributed by atoms with Crippen LogP contribution in [0.25, 0.3) is 21.8 Å². The first-order chi connectivity index (χ1) is 9.83. The molecule has 3 heteroatoms. The third-order valence-corrected chi connectivity index (χ3v) is 4.60. The molecule has 0 aliphatic heterocycles. The summed E-state index contributed by atoms with van der Waals surface area (Å²) in [5, 5.41) is 2.50. The van der Waals surface area contributed by atoms with E-state index >= 15 is 0 Å². The van der Waals surface area contributed by atoms with Gasteiger partial charge in [0.15, 0.2) is 0 Å². The van der Waals surface area contributed by atoms with E-state index in [4.69, 9.17) is 4.42 Å². The zero-order valence-corrected chi connectivity index (χ0v) is 12.2. The van der Waals surface area contributed by atoms with Crippen molar-refractivity contribution in [3.05, 3.63) is 72.2 Å². The first-order valence-electron chi connectivity index (χ1n) is 6.51. The van der Waals surface area contributed by atoms with Gasteiger partial charge in [0.2, 0.25) is 0 Å². The van der Waals surface area contributed by atoms with Crippen LogP contribution in [0.15, 0.2) is 65.3 Å². The van der Waals surface area contributed by atoms with Gasteiger partial charge >= 0.3 is 0 Å². The van der Waals surface area contributed by atoms with Gasteiger partial charge in [-0.3, -0.25) is 0 Å². The second-order valence-electron chi connectivity index (χ2n) is 4.85. The molecule has 0 saturated carbocycles. The highest BCUT2D eigenvalue weighted by Crippen LogP contribution is 2.34. The fraction of sp³-hybridized carbons (Fsp3) is 0.0588. The third kappa shape index (κ3) is 1.78. The van der Waals surface area contributed by atoms with Gasteiger partial charge in [0.05, 0.1) is 11.1 Å². The number of aromatic amines is 1. The van der Waals surface area contributed by atoms with Crippen LogP contribution >= 0.6 is 15.9 Å². The maximum Gasteiger partial charge on any atom is 0.121 e. The Kier molecular flexibility index (Phi) is 2.67. The van der Waals surface area contributed by atoms with Crippen molar-refractivity contribution in [3.63, 3.8) is 0 Å². The van der Waals surface area contributed by atoms with Gasteiger partial charge in [0.25, 0.3) is 0 Å². The first-order valence-corrected chi connectivity index (χ1v) is 7.42. The summed E-state index contributed by atoms with van der Waals surface area (Å²) in [5.41, 5.74) is 3.52. The van der Waals surface area contributed by atoms with Crippen LogP contribution in [-0.2, 0) is 0 Å². The quantitative estimate of drug-likeness (QED) is 0.491. The Morgan fingerprint density at radius 2 is 1.75 bits per heavy atom. The second kappa shape index (κ2) is 4.53. The molecule has 2 heterocycles. The van der Waals surface area contributed by atoms with Crippen LogP contribution in [0.2, 0.25) is 0 Å². The molecule has 2 nitrogen and oxygen atoms in total. The number of alkyl halides is 1. The van der Waals surface area contributed by atoms with E-state index in [1.807, 2.05) is 12.1 Å². The number of halogens is 1. The average molecular weight is 326 g/mol. The molecule has 0 amide bonds. The average Bonchev–Trinajstić information content (AvgIpc) is 3.13. The summed E-state index contributed by atoms with van der Waals surface area (Å²) in [4.78, 5) is 3.52. The highest BCUT2D eigenvalue weighted by atomic mass is 79.9. The van der Waals surface area contributed by atoms with Gasteiger partial charge in [-0.1, -0.05) is 40.2 Å². The Hall–Kier alpha value is -2.00. The standard InChI is InChI=1S/C17H12BrNO/c18-17(16-6-3-9-20-16)11-7-8-15-13(10-11)12-4-1-2-5-14(12)19-15/h1-10,17,19H. The molecular weight excluding hydrogens is 314 g/mol. The summed E-state index contributed by atoms with van der Waals surface area (Å²) in [6.07, 6.45) is 1.70. The lowest BCUT2D eigenvalue weighted by Crippen LogP contribution is -1.89. The van der Waals surface area contributed by atoms with Crippen LogP contribution in [0.1, 0.15) is 16.2 Å². The smallest absolute Gasteiger partial charge is 0.121 e. The van der Waals surface area contributed by atoms with Crippen molar-refractivity contribution in [1.29, 1.82) is 0 Å². The fourth-order valence-corrected chi connectivity index (χ4v) is 3.17. The molecule has 0 fully saturated rings. The molecule has 0 bridgehead atoms. The van der Waals surface area contributed by atoms with Crippen molar-refractivity contribution < 1.29 is 4.42 Å². The minimum Gasteiger partial charge on any atom is -0.468 e. The lowest BCUT2D eigenvalue weighted by atomic mass is 10.1. The molecule has 2 aromatic heterocycles. The molecule has 0 aliphatic rings. The van der Waals surface area contributed by atoms with Crippen LogP contribution in [0.4, 0.5) is 0 Å². The number of hydrogen-bond donors (Lipinski definition) is 1. The van der Waals surface area contributed by atoms with Crippen LogP contribution < -0.4 is 0 Å².